The first-order valence-corrected chi connectivity index (χ1v) is 31.0. The van der Waals surface area contributed by atoms with Crippen LogP contribution >= 0.6 is 7.82 Å². The topological polar surface area (TPSA) is 91.3 Å². The predicted octanol–water partition coefficient (Wildman–Crippen LogP) is 18.8. The first kappa shape index (κ1) is 68.2. The summed E-state index contributed by atoms with van der Waals surface area (Å²) in [7, 11) is 1.67. The number of nitrogens with zero attached hydrogens (tertiary/aromatic N) is 1. The van der Waals surface area contributed by atoms with Crippen LogP contribution < -0.4 is 0 Å². The highest BCUT2D eigenvalue weighted by Gasteiger charge is 2.26. The Labute approximate surface area is 434 Å². The van der Waals surface area contributed by atoms with Gasteiger partial charge >= 0.3 is 13.8 Å². The number of carbonyl (C=O) groups excluding carboxylic acids is 1. The molecule has 0 saturated heterocycles. The maximum Gasteiger partial charge on any atom is 0.472 e. The number of unbranched alkanes of at least 4 members (excludes halogenated alkanes) is 31. The number of hydrogen-bond acceptors (Lipinski definition) is 6. The van der Waals surface area contributed by atoms with Crippen molar-refractivity contribution >= 4 is 13.8 Å². The maximum absolute atomic E-state index is 12.8. The van der Waals surface area contributed by atoms with Crippen LogP contribution in [0, 0.1) is 0 Å². The van der Waals surface area contributed by atoms with Gasteiger partial charge in [-0.1, -0.05) is 261 Å². The summed E-state index contributed by atoms with van der Waals surface area (Å²) >= 11 is 0. The Hall–Kier alpha value is -1.80. The molecule has 2 atom stereocenters. The third kappa shape index (κ3) is 57.1. The summed E-state index contributed by atoms with van der Waals surface area (Å²) in [5.74, 6) is -0.311. The van der Waals surface area contributed by atoms with Crippen molar-refractivity contribution in [3.05, 3.63) is 60.8 Å². The Morgan fingerprint density at radius 3 is 1.24 bits per heavy atom. The molecule has 0 heterocycles. The van der Waals surface area contributed by atoms with E-state index in [2.05, 4.69) is 74.6 Å². The SMILES string of the molecule is CC/C=C\C/C=C\C/C=C\C/C=C\C/C=C\CCCCCCCCCCCCOCC(COP(=O)(O)OCC[N+](C)(C)C)OC(=O)CCCCCCCCCCCCCCCCCCCCCCCC. The fourth-order valence-corrected chi connectivity index (χ4v) is 9.09. The van der Waals surface area contributed by atoms with E-state index in [-0.39, 0.29) is 25.8 Å². The molecule has 0 rings (SSSR count). The summed E-state index contributed by atoms with van der Waals surface area (Å²) < 4.78 is 35.3. The van der Waals surface area contributed by atoms with E-state index >= 15 is 0 Å². The normalized spacial score (nSPS) is 13.9. The molecule has 0 radical (unpaired) electrons. The van der Waals surface area contributed by atoms with Gasteiger partial charge in [0.2, 0.25) is 0 Å². The number of esters is 1. The summed E-state index contributed by atoms with van der Waals surface area (Å²) in [6.45, 7) is 5.54. The molecule has 0 aromatic rings. The second kappa shape index (κ2) is 53.5. The lowest BCUT2D eigenvalue weighted by atomic mass is 10.0. The fraction of sp³-hybridized carbons (Fsp3) is 0.820. The van der Waals surface area contributed by atoms with E-state index in [9.17, 15) is 14.3 Å². The van der Waals surface area contributed by atoms with Crippen molar-refractivity contribution in [2.75, 3.05) is 54.1 Å². The molecule has 0 aliphatic carbocycles. The van der Waals surface area contributed by atoms with Gasteiger partial charge in [0, 0.05) is 13.0 Å². The monoisotopic (exact) mass is 1000 g/mol. The highest BCUT2D eigenvalue weighted by molar-refractivity contribution is 7.47. The van der Waals surface area contributed by atoms with Crippen molar-refractivity contribution in [2.45, 2.75) is 270 Å². The van der Waals surface area contributed by atoms with Crippen LogP contribution in [0.15, 0.2) is 60.8 Å². The van der Waals surface area contributed by atoms with Crippen molar-refractivity contribution in [1.29, 1.82) is 0 Å². The Morgan fingerprint density at radius 1 is 0.457 bits per heavy atom. The minimum atomic E-state index is -4.29. The third-order valence-corrected chi connectivity index (χ3v) is 13.8. The van der Waals surface area contributed by atoms with E-state index in [1.54, 1.807) is 0 Å². The Bertz CT molecular complexity index is 1300. The van der Waals surface area contributed by atoms with Crippen molar-refractivity contribution in [1.82, 2.24) is 0 Å². The van der Waals surface area contributed by atoms with Gasteiger partial charge in [0.05, 0.1) is 34.4 Å². The zero-order valence-corrected chi connectivity index (χ0v) is 47.6. The van der Waals surface area contributed by atoms with Gasteiger partial charge in [-0.2, -0.15) is 0 Å². The number of phosphoric ester groups is 1. The predicted molar refractivity (Wildman–Crippen MR) is 302 cm³/mol. The number of likely N-dealkylation sites (N-methyl/N-ethyl adjacent to an activating group) is 1. The van der Waals surface area contributed by atoms with Crippen LogP contribution in [0.1, 0.15) is 264 Å². The average Bonchev–Trinajstić information content (AvgIpc) is 3.32. The number of quaternary nitrogens is 1. The summed E-state index contributed by atoms with van der Waals surface area (Å²) in [5.41, 5.74) is 0. The highest BCUT2D eigenvalue weighted by Crippen LogP contribution is 2.43. The van der Waals surface area contributed by atoms with Crippen molar-refractivity contribution in [2.24, 2.45) is 0 Å². The van der Waals surface area contributed by atoms with Crippen LogP contribution in [0.4, 0.5) is 0 Å². The molecule has 0 aromatic heterocycles. The van der Waals surface area contributed by atoms with E-state index in [1.807, 2.05) is 21.1 Å². The molecule has 0 amide bonds. The summed E-state index contributed by atoms with van der Waals surface area (Å²) in [4.78, 5) is 23.1. The average molecular weight is 1010 g/mol. The molecule has 9 heteroatoms. The second-order valence-electron chi connectivity index (χ2n) is 21.0. The standard InChI is InChI=1S/C61H114NO7P/c1-6-8-10-12-14-16-18-20-22-24-26-28-30-31-32-33-35-37-39-41-43-45-47-49-51-53-56-66-58-60(59-68-70(64,65)67-57-55-62(3,4)5)69-61(63)54-52-50-48-46-44-42-40-38-36-34-29-27-25-23-21-19-17-15-13-11-9-7-2/h8,10,14,16,20,22,26,28,31-32,60H,6-7,9,11-13,15,17-19,21,23-25,27,29-30,33-59H2,1-5H3/p+1/b10-8-,16-14-,22-20-,28-26-,32-31-. The van der Waals surface area contributed by atoms with Crippen LogP contribution in [0.5, 0.6) is 0 Å². The maximum atomic E-state index is 12.8. The van der Waals surface area contributed by atoms with Crippen LogP contribution in [0.3, 0.4) is 0 Å². The number of ether oxygens (including phenoxy) is 2. The summed E-state index contributed by atoms with van der Waals surface area (Å²) in [6.07, 6.45) is 70.0. The Balaban J connectivity index is 4.06. The van der Waals surface area contributed by atoms with E-state index in [1.165, 1.54) is 180 Å². The molecule has 0 spiro atoms. The molecule has 0 aliphatic heterocycles. The van der Waals surface area contributed by atoms with Gasteiger partial charge in [-0.15, -0.1) is 0 Å². The molecule has 410 valence electrons. The van der Waals surface area contributed by atoms with Crippen molar-refractivity contribution in [3.63, 3.8) is 0 Å². The molecule has 0 saturated carbocycles. The van der Waals surface area contributed by atoms with Crippen molar-refractivity contribution in [3.8, 4) is 0 Å². The van der Waals surface area contributed by atoms with Crippen LogP contribution in [0.2, 0.25) is 0 Å². The van der Waals surface area contributed by atoms with E-state index < -0.39 is 13.9 Å². The molecular weight excluding hydrogens is 890 g/mol. The third-order valence-electron chi connectivity index (χ3n) is 12.8. The smallest absolute Gasteiger partial charge is 0.457 e. The highest BCUT2D eigenvalue weighted by atomic mass is 31.2. The quantitative estimate of drug-likeness (QED) is 0.0213. The molecule has 1 N–H and O–H groups in total. The van der Waals surface area contributed by atoms with E-state index in [4.69, 9.17) is 18.5 Å². The minimum absolute atomic E-state index is 0.0875. The second-order valence-corrected chi connectivity index (χ2v) is 22.5. The zero-order chi connectivity index (χ0) is 51.2. The zero-order valence-electron chi connectivity index (χ0n) is 46.8. The number of carbonyl (C=O) groups is 1. The van der Waals surface area contributed by atoms with Crippen LogP contribution in [0.25, 0.3) is 0 Å². The van der Waals surface area contributed by atoms with Crippen molar-refractivity contribution < 1.29 is 37.3 Å². The van der Waals surface area contributed by atoms with E-state index in [0.717, 1.165) is 64.2 Å². The Kier molecular flexibility index (Phi) is 52.1. The van der Waals surface area contributed by atoms with Gasteiger partial charge in [0.25, 0.3) is 0 Å². The first-order chi connectivity index (χ1) is 34.1. The van der Waals surface area contributed by atoms with Gasteiger partial charge in [-0.3, -0.25) is 13.8 Å². The fourth-order valence-electron chi connectivity index (χ4n) is 8.35. The lowest BCUT2D eigenvalue weighted by Crippen LogP contribution is -2.37. The molecular formula is C61H115NO7P+. The lowest BCUT2D eigenvalue weighted by molar-refractivity contribution is -0.870. The number of phosphoric acid groups is 1. The molecule has 0 aliphatic rings. The summed E-state index contributed by atoms with van der Waals surface area (Å²) in [5, 5.41) is 0. The molecule has 2 unspecified atom stereocenters. The van der Waals surface area contributed by atoms with Gasteiger partial charge < -0.3 is 18.9 Å². The van der Waals surface area contributed by atoms with Gasteiger partial charge in [-0.05, 0) is 57.8 Å². The Morgan fingerprint density at radius 2 is 0.829 bits per heavy atom. The van der Waals surface area contributed by atoms with E-state index in [0.29, 0.717) is 24.1 Å². The van der Waals surface area contributed by atoms with Gasteiger partial charge in [0.15, 0.2) is 0 Å². The molecule has 0 bridgehead atoms. The molecule has 0 fully saturated rings. The van der Waals surface area contributed by atoms with Gasteiger partial charge in [0.1, 0.15) is 19.3 Å². The van der Waals surface area contributed by atoms with Gasteiger partial charge in [-0.25, -0.2) is 4.57 Å². The molecule has 70 heavy (non-hydrogen) atoms. The largest absolute Gasteiger partial charge is 0.472 e. The number of hydrogen-bond donors (Lipinski definition) is 1. The van der Waals surface area contributed by atoms with Crippen LogP contribution in [-0.2, 0) is 27.9 Å². The summed E-state index contributed by atoms with van der Waals surface area (Å²) in [6, 6.07) is 0. The minimum Gasteiger partial charge on any atom is -0.457 e. The number of allylic oxidation sites excluding steroid dienone is 10. The molecule has 0 aromatic carbocycles. The first-order valence-electron chi connectivity index (χ1n) is 29.5. The molecule has 8 nitrogen and oxygen atoms in total. The van der Waals surface area contributed by atoms with Crippen LogP contribution in [-0.4, -0.2) is 75.6 Å². The lowest BCUT2D eigenvalue weighted by Gasteiger charge is -2.24. The number of rotatable bonds is 55.